The van der Waals surface area contributed by atoms with E-state index in [-0.39, 0.29) is 0 Å². The highest BCUT2D eigenvalue weighted by Gasteiger charge is 2.06. The van der Waals surface area contributed by atoms with Crippen LogP contribution in [0.4, 0.5) is 0 Å². The molecule has 0 aliphatic rings. The highest BCUT2D eigenvalue weighted by atomic mass is 16.1. The van der Waals surface area contributed by atoms with E-state index in [0.717, 1.165) is 31.3 Å². The van der Waals surface area contributed by atoms with Crippen molar-refractivity contribution in [3.63, 3.8) is 0 Å². The Morgan fingerprint density at radius 2 is 1.50 bits per heavy atom. The second-order valence-electron chi connectivity index (χ2n) is 4.50. The summed E-state index contributed by atoms with van der Waals surface area (Å²) < 4.78 is 0. The van der Waals surface area contributed by atoms with Gasteiger partial charge in [0.2, 0.25) is 0 Å². The Balaban J connectivity index is 3.56. The topological polar surface area (TPSA) is 17.1 Å². The van der Waals surface area contributed by atoms with Gasteiger partial charge in [-0.25, -0.2) is 0 Å². The summed E-state index contributed by atoms with van der Waals surface area (Å²) in [6, 6.07) is 0. The third kappa shape index (κ3) is 7.67. The molecule has 0 saturated carbocycles. The Morgan fingerprint density at radius 1 is 0.875 bits per heavy atom. The maximum absolute atomic E-state index is 11.8. The molecule has 0 aliphatic carbocycles. The largest absolute Gasteiger partial charge is 0.295 e. The summed E-state index contributed by atoms with van der Waals surface area (Å²) in [5.41, 5.74) is 1.04. The summed E-state index contributed by atoms with van der Waals surface area (Å²) in [4.78, 5) is 11.8. The maximum Gasteiger partial charge on any atom is 0.158 e. The molecule has 0 unspecified atom stereocenters. The summed E-state index contributed by atoms with van der Waals surface area (Å²) in [5.74, 6) is 0.375. The lowest BCUT2D eigenvalue weighted by Gasteiger charge is -2.04. The van der Waals surface area contributed by atoms with Crippen LogP contribution in [0.3, 0.4) is 0 Å². The van der Waals surface area contributed by atoms with Crippen molar-refractivity contribution >= 4 is 5.78 Å². The van der Waals surface area contributed by atoms with Gasteiger partial charge in [-0.15, -0.1) is 0 Å². The van der Waals surface area contributed by atoms with Crippen LogP contribution in [-0.4, -0.2) is 5.78 Å². The Bertz CT molecular complexity index is 203. The standard InChI is InChI=1S/C15H28O/c1-4-7-8-9-10-11-13-15(16)14(6-3)12-5-2/h6H,4-5,7-13H2,1-3H3/b14-6+. The van der Waals surface area contributed by atoms with Crippen molar-refractivity contribution in [1.29, 1.82) is 0 Å². The van der Waals surface area contributed by atoms with Gasteiger partial charge in [0, 0.05) is 6.42 Å². The smallest absolute Gasteiger partial charge is 0.158 e. The Morgan fingerprint density at radius 3 is 2.06 bits per heavy atom. The van der Waals surface area contributed by atoms with Crippen molar-refractivity contribution in [1.82, 2.24) is 0 Å². The van der Waals surface area contributed by atoms with Crippen molar-refractivity contribution in [3.8, 4) is 0 Å². The second-order valence-corrected chi connectivity index (χ2v) is 4.50. The number of ketones is 1. The van der Waals surface area contributed by atoms with Crippen LogP contribution in [-0.2, 0) is 4.79 Å². The Labute approximate surface area is 101 Å². The summed E-state index contributed by atoms with van der Waals surface area (Å²) in [6.07, 6.45) is 12.3. The SMILES string of the molecule is C/C=C(\CCC)C(=O)CCCCCCCC. The molecule has 0 atom stereocenters. The minimum absolute atomic E-state index is 0.375. The molecular formula is C15H28O. The minimum atomic E-state index is 0.375. The predicted molar refractivity (Wildman–Crippen MR) is 71.7 cm³/mol. The molecule has 0 aromatic carbocycles. The second kappa shape index (κ2) is 10.9. The van der Waals surface area contributed by atoms with Gasteiger partial charge in [-0.1, -0.05) is 58.4 Å². The number of carbonyl (C=O) groups excluding carboxylic acids is 1. The molecule has 0 saturated heterocycles. The molecule has 0 N–H and O–H groups in total. The van der Waals surface area contributed by atoms with E-state index in [4.69, 9.17) is 0 Å². The van der Waals surface area contributed by atoms with Crippen LogP contribution < -0.4 is 0 Å². The van der Waals surface area contributed by atoms with Gasteiger partial charge in [0.05, 0.1) is 0 Å². The third-order valence-corrected chi connectivity index (χ3v) is 2.98. The molecule has 94 valence electrons. The van der Waals surface area contributed by atoms with Crippen LogP contribution in [0.15, 0.2) is 11.6 Å². The molecule has 1 heteroatoms. The van der Waals surface area contributed by atoms with Crippen LogP contribution in [0.25, 0.3) is 0 Å². The lowest BCUT2D eigenvalue weighted by Crippen LogP contribution is -2.02. The van der Waals surface area contributed by atoms with Crippen LogP contribution >= 0.6 is 0 Å². The first-order valence-electron chi connectivity index (χ1n) is 6.94. The van der Waals surface area contributed by atoms with E-state index in [1.165, 1.54) is 32.1 Å². The molecule has 0 aliphatic heterocycles. The highest BCUT2D eigenvalue weighted by molar-refractivity contribution is 5.95. The lowest BCUT2D eigenvalue weighted by molar-refractivity contribution is -0.115. The average Bonchev–Trinajstić information content (AvgIpc) is 2.30. The van der Waals surface area contributed by atoms with Gasteiger partial charge in [-0.2, -0.15) is 0 Å². The molecule has 0 rings (SSSR count). The van der Waals surface area contributed by atoms with E-state index in [0.29, 0.717) is 5.78 Å². The van der Waals surface area contributed by atoms with Gasteiger partial charge < -0.3 is 0 Å². The average molecular weight is 224 g/mol. The molecule has 0 bridgehead atoms. The number of unbranched alkanes of at least 4 members (excludes halogenated alkanes) is 5. The van der Waals surface area contributed by atoms with E-state index in [9.17, 15) is 4.79 Å². The third-order valence-electron chi connectivity index (χ3n) is 2.98. The number of rotatable bonds is 10. The fourth-order valence-electron chi connectivity index (χ4n) is 1.94. The molecule has 1 nitrogen and oxygen atoms in total. The zero-order chi connectivity index (χ0) is 12.2. The van der Waals surface area contributed by atoms with Gasteiger partial charge in [-0.3, -0.25) is 4.79 Å². The lowest BCUT2D eigenvalue weighted by atomic mass is 10.0. The summed E-state index contributed by atoms with van der Waals surface area (Å²) in [7, 11) is 0. The van der Waals surface area contributed by atoms with Crippen molar-refractivity contribution in [2.45, 2.75) is 78.6 Å². The molecule has 0 fully saturated rings. The summed E-state index contributed by atoms with van der Waals surface area (Å²) >= 11 is 0. The fourth-order valence-corrected chi connectivity index (χ4v) is 1.94. The Hall–Kier alpha value is -0.590. The normalized spacial score (nSPS) is 11.8. The van der Waals surface area contributed by atoms with Gasteiger partial charge in [0.15, 0.2) is 5.78 Å². The van der Waals surface area contributed by atoms with E-state index >= 15 is 0 Å². The van der Waals surface area contributed by atoms with Crippen LogP contribution in [0.2, 0.25) is 0 Å². The predicted octanol–water partition coefficient (Wildman–Crippen LogP) is 5.05. The van der Waals surface area contributed by atoms with E-state index in [1.54, 1.807) is 0 Å². The van der Waals surface area contributed by atoms with Crippen molar-refractivity contribution in [2.75, 3.05) is 0 Å². The van der Waals surface area contributed by atoms with E-state index < -0.39 is 0 Å². The first-order valence-corrected chi connectivity index (χ1v) is 6.94. The molecule has 0 spiro atoms. The highest BCUT2D eigenvalue weighted by Crippen LogP contribution is 2.13. The number of carbonyl (C=O) groups is 1. The van der Waals surface area contributed by atoms with Crippen LogP contribution in [0.5, 0.6) is 0 Å². The molecule has 0 radical (unpaired) electrons. The number of Topliss-reactive ketones (excluding diaryl/α,β-unsaturated/α-hetero) is 1. The zero-order valence-electron chi connectivity index (χ0n) is 11.3. The van der Waals surface area contributed by atoms with Gasteiger partial charge in [0.1, 0.15) is 0 Å². The monoisotopic (exact) mass is 224 g/mol. The van der Waals surface area contributed by atoms with Crippen LogP contribution in [0.1, 0.15) is 78.6 Å². The first kappa shape index (κ1) is 15.4. The van der Waals surface area contributed by atoms with Gasteiger partial charge in [-0.05, 0) is 25.3 Å². The molecule has 0 amide bonds. The van der Waals surface area contributed by atoms with Crippen LogP contribution in [0, 0.1) is 0 Å². The number of hydrogen-bond donors (Lipinski definition) is 0. The van der Waals surface area contributed by atoms with Crippen molar-refractivity contribution in [3.05, 3.63) is 11.6 Å². The summed E-state index contributed by atoms with van der Waals surface area (Å²) in [6.45, 7) is 6.33. The van der Waals surface area contributed by atoms with E-state index in [2.05, 4.69) is 13.8 Å². The quantitative estimate of drug-likeness (QED) is 0.375. The first-order chi connectivity index (χ1) is 7.76. The fraction of sp³-hybridized carbons (Fsp3) is 0.800. The molecule has 16 heavy (non-hydrogen) atoms. The van der Waals surface area contributed by atoms with Crippen molar-refractivity contribution in [2.24, 2.45) is 0 Å². The van der Waals surface area contributed by atoms with Gasteiger partial charge >= 0.3 is 0 Å². The minimum Gasteiger partial charge on any atom is -0.295 e. The van der Waals surface area contributed by atoms with Crippen molar-refractivity contribution < 1.29 is 4.79 Å². The van der Waals surface area contributed by atoms with E-state index in [1.807, 2.05) is 13.0 Å². The zero-order valence-corrected chi connectivity index (χ0v) is 11.3. The molecular weight excluding hydrogens is 196 g/mol. The number of hydrogen-bond acceptors (Lipinski definition) is 1. The summed E-state index contributed by atoms with van der Waals surface area (Å²) in [5, 5.41) is 0. The molecule has 0 aromatic heterocycles. The van der Waals surface area contributed by atoms with Gasteiger partial charge in [0.25, 0.3) is 0 Å². The molecule has 0 heterocycles. The number of allylic oxidation sites excluding steroid dienone is 2. The molecule has 0 aromatic rings. The Kier molecular flexibility index (Phi) is 10.5. The maximum atomic E-state index is 11.8.